The van der Waals surface area contributed by atoms with Gasteiger partial charge in [-0.3, -0.25) is 0 Å². The molecule has 3 nitrogen and oxygen atoms in total. The molecule has 0 aliphatic carbocycles. The molecule has 0 aromatic heterocycles. The third-order valence-corrected chi connectivity index (χ3v) is 3.99. The first kappa shape index (κ1) is 22.6. The Labute approximate surface area is 136 Å². The lowest BCUT2D eigenvalue weighted by molar-refractivity contribution is -0.934. The number of hydrogen-bond acceptors (Lipinski definition) is 2. The van der Waals surface area contributed by atoms with Crippen molar-refractivity contribution in [3.8, 4) is 0 Å². The molecule has 0 fully saturated rings. The number of nitrogens with zero attached hydrogens (tertiary/aromatic N) is 1. The van der Waals surface area contributed by atoms with Crippen molar-refractivity contribution in [1.82, 2.24) is 0 Å². The predicted octanol–water partition coefficient (Wildman–Crippen LogP) is -0.336. The molecule has 0 saturated carbocycles. The summed E-state index contributed by atoms with van der Waals surface area (Å²) in [7, 11) is 0. The molecule has 4 heteroatoms. The van der Waals surface area contributed by atoms with E-state index in [-0.39, 0.29) is 30.2 Å². The van der Waals surface area contributed by atoms with E-state index in [1.165, 1.54) is 38.8 Å². The molecule has 0 aliphatic rings. The second-order valence-corrected chi connectivity index (χ2v) is 6.44. The van der Waals surface area contributed by atoms with Crippen LogP contribution in [0.4, 0.5) is 0 Å². The van der Waals surface area contributed by atoms with Crippen LogP contribution in [0.2, 0.25) is 0 Å². The van der Waals surface area contributed by atoms with E-state index < -0.39 is 0 Å². The molecule has 2 N–H and O–H groups in total. The third-order valence-electron chi connectivity index (χ3n) is 3.99. The maximum atomic E-state index is 9.38. The Morgan fingerprint density at radius 1 is 0.800 bits per heavy atom. The van der Waals surface area contributed by atoms with Crippen LogP contribution in [0.3, 0.4) is 0 Å². The van der Waals surface area contributed by atoms with Crippen molar-refractivity contribution in [2.75, 3.05) is 39.4 Å². The van der Waals surface area contributed by atoms with Gasteiger partial charge in [0.2, 0.25) is 0 Å². The maximum absolute atomic E-state index is 9.38. The highest BCUT2D eigenvalue weighted by atomic mass is 79.9. The molecular formula is C16H36BrNO2. The van der Waals surface area contributed by atoms with Gasteiger partial charge in [0.25, 0.3) is 0 Å². The summed E-state index contributed by atoms with van der Waals surface area (Å²) < 4.78 is 1.07. The van der Waals surface area contributed by atoms with Crippen molar-refractivity contribution < 1.29 is 31.7 Å². The van der Waals surface area contributed by atoms with E-state index in [0.717, 1.165) is 17.6 Å². The van der Waals surface area contributed by atoms with E-state index in [4.69, 9.17) is 0 Å². The average molecular weight is 354 g/mol. The molecule has 0 amide bonds. The Kier molecular flexibility index (Phi) is 14.8. The SMILES string of the molecule is CCCC[N+](CCCC)(CC(C)CO)CC(C)CO.[Br-]. The highest BCUT2D eigenvalue weighted by Crippen LogP contribution is 2.19. The van der Waals surface area contributed by atoms with E-state index in [9.17, 15) is 10.2 Å². The standard InChI is InChI=1S/C16H36NO2.BrH/c1-5-7-9-17(10-8-6-2,11-15(3)13-18)12-16(4)14-19;/h15-16,18-19H,5-14H2,1-4H3;1H/q+1;/p-1. The van der Waals surface area contributed by atoms with Gasteiger partial charge in [0.05, 0.1) is 39.4 Å². The summed E-state index contributed by atoms with van der Waals surface area (Å²) in [4.78, 5) is 0. The van der Waals surface area contributed by atoms with Crippen LogP contribution in [0, 0.1) is 11.8 Å². The number of rotatable bonds is 12. The van der Waals surface area contributed by atoms with Crippen molar-refractivity contribution in [3.63, 3.8) is 0 Å². The van der Waals surface area contributed by atoms with Gasteiger partial charge in [0, 0.05) is 11.8 Å². The quantitative estimate of drug-likeness (QED) is 0.471. The lowest BCUT2D eigenvalue weighted by Gasteiger charge is -2.42. The zero-order valence-electron chi connectivity index (χ0n) is 13.9. The van der Waals surface area contributed by atoms with Crippen molar-refractivity contribution in [3.05, 3.63) is 0 Å². The molecule has 0 saturated heterocycles. The average Bonchev–Trinajstić information content (AvgIpc) is 2.42. The Bertz CT molecular complexity index is 193. The Hall–Kier alpha value is 0.360. The molecule has 0 aromatic rings. The molecule has 20 heavy (non-hydrogen) atoms. The van der Waals surface area contributed by atoms with Gasteiger partial charge >= 0.3 is 0 Å². The summed E-state index contributed by atoms with van der Waals surface area (Å²) in [6, 6.07) is 0. The van der Waals surface area contributed by atoms with Crippen LogP contribution in [-0.2, 0) is 0 Å². The largest absolute Gasteiger partial charge is 1.00 e. The van der Waals surface area contributed by atoms with Crippen LogP contribution in [0.25, 0.3) is 0 Å². The molecule has 124 valence electrons. The molecule has 0 rings (SSSR count). The molecule has 2 atom stereocenters. The van der Waals surface area contributed by atoms with E-state index in [2.05, 4.69) is 27.7 Å². The minimum Gasteiger partial charge on any atom is -1.00 e. The summed E-state index contributed by atoms with van der Waals surface area (Å²) in [6.07, 6.45) is 4.90. The van der Waals surface area contributed by atoms with Crippen LogP contribution < -0.4 is 17.0 Å². The number of quaternary nitrogens is 1. The lowest BCUT2D eigenvalue weighted by atomic mass is 10.0. The number of aliphatic hydroxyl groups excluding tert-OH is 2. The van der Waals surface area contributed by atoms with Crippen molar-refractivity contribution in [2.24, 2.45) is 11.8 Å². The van der Waals surface area contributed by atoms with E-state index in [0.29, 0.717) is 11.8 Å². The number of hydrogen-bond donors (Lipinski definition) is 2. The normalized spacial score (nSPS) is 14.7. The van der Waals surface area contributed by atoms with Crippen molar-refractivity contribution in [2.45, 2.75) is 53.4 Å². The zero-order chi connectivity index (χ0) is 14.7. The predicted molar refractivity (Wildman–Crippen MR) is 82.0 cm³/mol. The Morgan fingerprint density at radius 3 is 1.40 bits per heavy atom. The highest BCUT2D eigenvalue weighted by molar-refractivity contribution is 4.57. The zero-order valence-corrected chi connectivity index (χ0v) is 15.5. The van der Waals surface area contributed by atoms with Gasteiger partial charge in [-0.15, -0.1) is 0 Å². The Morgan fingerprint density at radius 2 is 1.15 bits per heavy atom. The van der Waals surface area contributed by atoms with Gasteiger partial charge in [0.1, 0.15) is 0 Å². The minimum atomic E-state index is 0. The molecular weight excluding hydrogens is 318 g/mol. The van der Waals surface area contributed by atoms with Gasteiger partial charge in [0.15, 0.2) is 0 Å². The second-order valence-electron chi connectivity index (χ2n) is 6.44. The molecule has 0 aliphatic heterocycles. The number of unbranched alkanes of at least 4 members (excludes halogenated alkanes) is 2. The van der Waals surface area contributed by atoms with Crippen LogP contribution in [0.5, 0.6) is 0 Å². The lowest BCUT2D eigenvalue weighted by Crippen LogP contribution is -3.00. The van der Waals surface area contributed by atoms with Crippen LogP contribution in [0.1, 0.15) is 53.4 Å². The fourth-order valence-electron chi connectivity index (χ4n) is 2.98. The maximum Gasteiger partial charge on any atom is 0.0834 e. The first-order chi connectivity index (χ1) is 9.03. The third kappa shape index (κ3) is 9.32. The summed E-state index contributed by atoms with van der Waals surface area (Å²) >= 11 is 0. The van der Waals surface area contributed by atoms with Crippen LogP contribution >= 0.6 is 0 Å². The first-order valence-corrected chi connectivity index (χ1v) is 8.10. The highest BCUT2D eigenvalue weighted by Gasteiger charge is 2.30. The van der Waals surface area contributed by atoms with Crippen LogP contribution in [0.15, 0.2) is 0 Å². The van der Waals surface area contributed by atoms with Gasteiger partial charge in [-0.1, -0.05) is 40.5 Å². The molecule has 2 unspecified atom stereocenters. The Balaban J connectivity index is 0. The monoisotopic (exact) mass is 353 g/mol. The fourth-order valence-corrected chi connectivity index (χ4v) is 2.98. The van der Waals surface area contributed by atoms with Gasteiger partial charge in [-0.25, -0.2) is 0 Å². The molecule has 0 radical (unpaired) electrons. The van der Waals surface area contributed by atoms with Crippen molar-refractivity contribution >= 4 is 0 Å². The smallest absolute Gasteiger partial charge is 0.0834 e. The van der Waals surface area contributed by atoms with Gasteiger partial charge in [-0.2, -0.15) is 0 Å². The van der Waals surface area contributed by atoms with E-state index >= 15 is 0 Å². The molecule has 0 bridgehead atoms. The summed E-state index contributed by atoms with van der Waals surface area (Å²) in [5.41, 5.74) is 0. The van der Waals surface area contributed by atoms with Gasteiger partial charge in [-0.05, 0) is 12.8 Å². The summed E-state index contributed by atoms with van der Waals surface area (Å²) in [5, 5.41) is 18.8. The molecule has 0 spiro atoms. The summed E-state index contributed by atoms with van der Waals surface area (Å²) in [5.74, 6) is 0.694. The minimum absolute atomic E-state index is 0. The molecule has 0 heterocycles. The van der Waals surface area contributed by atoms with E-state index in [1.54, 1.807) is 0 Å². The molecule has 0 aromatic carbocycles. The van der Waals surface area contributed by atoms with Crippen molar-refractivity contribution in [1.29, 1.82) is 0 Å². The topological polar surface area (TPSA) is 40.5 Å². The number of aliphatic hydroxyl groups is 2. The second kappa shape index (κ2) is 13.1. The summed E-state index contributed by atoms with van der Waals surface area (Å²) in [6.45, 7) is 13.7. The first-order valence-electron chi connectivity index (χ1n) is 8.10. The number of halogens is 1. The van der Waals surface area contributed by atoms with Gasteiger partial charge < -0.3 is 31.7 Å². The fraction of sp³-hybridized carbons (Fsp3) is 1.00. The van der Waals surface area contributed by atoms with E-state index in [1.807, 2.05) is 0 Å². The van der Waals surface area contributed by atoms with Crippen LogP contribution in [-0.4, -0.2) is 54.1 Å².